The van der Waals surface area contributed by atoms with Gasteiger partial charge >= 0.3 is 6.09 Å². The number of rotatable bonds is 8. The summed E-state index contributed by atoms with van der Waals surface area (Å²) in [6.45, 7) is 14.9. The number of fused-ring (bicyclic) bond motifs is 5. The molecule has 0 radical (unpaired) electrons. The smallest absolute Gasteiger partial charge is 0.329 e. The molecule has 0 aromatic rings. The number of allylic oxidation sites excluding steroid dienone is 1. The zero-order valence-electron chi connectivity index (χ0n) is 27.9. The number of likely N-dealkylation sites (N-methyl/N-ethyl adjacent to an activating group) is 1. The van der Waals surface area contributed by atoms with Crippen molar-refractivity contribution in [3.63, 3.8) is 0 Å². The maximum absolute atomic E-state index is 13.4. The molecule has 0 aromatic carbocycles. The Bertz CT molecular complexity index is 1110. The van der Waals surface area contributed by atoms with E-state index in [-0.39, 0.29) is 22.3 Å². The van der Waals surface area contributed by atoms with Crippen LogP contribution in [0.25, 0.3) is 0 Å². The molecule has 5 rings (SSSR count). The van der Waals surface area contributed by atoms with Crippen molar-refractivity contribution in [1.82, 2.24) is 10.2 Å². The van der Waals surface area contributed by atoms with Crippen molar-refractivity contribution in [2.45, 2.75) is 105 Å². The van der Waals surface area contributed by atoms with Crippen molar-refractivity contribution in [2.75, 3.05) is 47.3 Å². The van der Waals surface area contributed by atoms with Gasteiger partial charge in [-0.15, -0.1) is 0 Å². The lowest BCUT2D eigenvalue weighted by Gasteiger charge is -2.58. The summed E-state index contributed by atoms with van der Waals surface area (Å²) >= 11 is 0. The van der Waals surface area contributed by atoms with Crippen LogP contribution in [0.4, 0.5) is 4.79 Å². The standard InChI is InChI=1S/C35H59N4O3/c1-24(37-42-32(41)38(21-22-39(6,7)8)20-15-31-33(2,3)18-19-36-31)28-11-12-29-27-10-9-25-23-26(40)13-16-34(25,4)30(27)14-17-35(28,29)5/h23,27-31,36H,9-22H2,1-8H3/q+1/b37-24+/t27-,28+,29-,30-,31?,34-,35+/m0/s1. The summed E-state index contributed by atoms with van der Waals surface area (Å²) in [5.74, 6) is 2.78. The highest BCUT2D eigenvalue weighted by molar-refractivity contribution is 5.91. The first-order chi connectivity index (χ1) is 19.6. The molecule has 236 valence electrons. The van der Waals surface area contributed by atoms with Gasteiger partial charge in [-0.05, 0) is 111 Å². The third-order valence-electron chi connectivity index (χ3n) is 12.8. The number of nitrogens with one attached hydrogen (secondary N) is 1. The van der Waals surface area contributed by atoms with Crippen LogP contribution < -0.4 is 5.32 Å². The van der Waals surface area contributed by atoms with Gasteiger partial charge in [0, 0.05) is 24.9 Å². The molecule has 1 aliphatic heterocycles. The molecule has 0 spiro atoms. The van der Waals surface area contributed by atoms with E-state index in [1.807, 2.05) is 11.0 Å². The van der Waals surface area contributed by atoms with Crippen molar-refractivity contribution < 1.29 is 18.9 Å². The Morgan fingerprint density at radius 2 is 1.79 bits per heavy atom. The van der Waals surface area contributed by atoms with Crippen molar-refractivity contribution >= 4 is 17.6 Å². The SMILES string of the molecule is C/C(=N\OC(=O)N(CCC1NCCC1(C)C)CC[N+](C)(C)C)[C@H]1CC[C@H]2[C@@H]3CCC4=CC(=O)CC[C@]4(C)[C@H]3CC[C@]12C. The lowest BCUT2D eigenvalue weighted by Crippen LogP contribution is -2.51. The van der Waals surface area contributed by atoms with Gasteiger partial charge in [0.1, 0.15) is 0 Å². The minimum Gasteiger partial charge on any atom is -0.329 e. The van der Waals surface area contributed by atoms with Crippen LogP contribution in [0.5, 0.6) is 0 Å². The average Bonchev–Trinajstić information content (AvgIpc) is 3.44. The molecule has 1 N–H and O–H groups in total. The van der Waals surface area contributed by atoms with E-state index in [0.29, 0.717) is 49.1 Å². The Morgan fingerprint density at radius 3 is 2.48 bits per heavy atom. The average molecular weight is 584 g/mol. The Morgan fingerprint density at radius 1 is 1.02 bits per heavy atom. The summed E-state index contributed by atoms with van der Waals surface area (Å²) in [5.41, 5.74) is 3.08. The topological polar surface area (TPSA) is 71.0 Å². The molecule has 0 bridgehead atoms. The van der Waals surface area contributed by atoms with Crippen LogP contribution in [-0.4, -0.2) is 80.3 Å². The van der Waals surface area contributed by atoms with E-state index in [4.69, 9.17) is 4.84 Å². The molecule has 0 aromatic heterocycles. The van der Waals surface area contributed by atoms with Crippen LogP contribution in [0.2, 0.25) is 0 Å². The van der Waals surface area contributed by atoms with Gasteiger partial charge in [-0.2, -0.15) is 0 Å². The first kappa shape index (κ1) is 31.7. The van der Waals surface area contributed by atoms with Gasteiger partial charge in [-0.3, -0.25) is 9.63 Å². The lowest BCUT2D eigenvalue weighted by molar-refractivity contribution is -0.869. The van der Waals surface area contributed by atoms with Crippen LogP contribution in [-0.2, 0) is 9.63 Å². The molecule has 1 unspecified atom stereocenters. The third-order valence-corrected chi connectivity index (χ3v) is 12.8. The molecule has 7 atom stereocenters. The normalized spacial score (nSPS) is 37.9. The second kappa shape index (κ2) is 11.6. The molecular weight excluding hydrogens is 524 g/mol. The van der Waals surface area contributed by atoms with Gasteiger partial charge < -0.3 is 14.7 Å². The van der Waals surface area contributed by atoms with Gasteiger partial charge in [-0.1, -0.05) is 38.4 Å². The monoisotopic (exact) mass is 583 g/mol. The van der Waals surface area contributed by atoms with Gasteiger partial charge in [-0.25, -0.2) is 4.79 Å². The Hall–Kier alpha value is -1.73. The summed E-state index contributed by atoms with van der Waals surface area (Å²) in [4.78, 5) is 33.2. The molecule has 1 heterocycles. The Balaban J connectivity index is 1.24. The van der Waals surface area contributed by atoms with E-state index in [0.717, 1.165) is 54.9 Å². The van der Waals surface area contributed by atoms with Crippen molar-refractivity contribution in [1.29, 1.82) is 0 Å². The van der Waals surface area contributed by atoms with E-state index in [1.54, 1.807) is 0 Å². The highest BCUT2D eigenvalue weighted by atomic mass is 16.7. The van der Waals surface area contributed by atoms with Crippen molar-refractivity contribution in [3.05, 3.63) is 11.6 Å². The summed E-state index contributed by atoms with van der Waals surface area (Å²) in [7, 11) is 6.49. The largest absolute Gasteiger partial charge is 0.436 e. The number of carbonyl (C=O) groups excluding carboxylic acids is 2. The summed E-state index contributed by atoms with van der Waals surface area (Å²) < 4.78 is 0.801. The van der Waals surface area contributed by atoms with Crippen molar-refractivity contribution in [3.8, 4) is 0 Å². The zero-order chi connectivity index (χ0) is 30.5. The number of quaternary nitrogens is 1. The lowest BCUT2D eigenvalue weighted by atomic mass is 9.46. The summed E-state index contributed by atoms with van der Waals surface area (Å²) in [6.07, 6.45) is 12.6. The Labute approximate surface area is 255 Å². The molecular formula is C35H59N4O3+. The highest BCUT2D eigenvalue weighted by Gasteiger charge is 2.59. The second-order valence-corrected chi connectivity index (χ2v) is 16.8. The maximum Gasteiger partial charge on any atom is 0.436 e. The van der Waals surface area contributed by atoms with Crippen molar-refractivity contribution in [2.24, 2.45) is 45.1 Å². The highest BCUT2D eigenvalue weighted by Crippen LogP contribution is 2.66. The molecule has 1 amide bonds. The fourth-order valence-corrected chi connectivity index (χ4v) is 9.99. The molecule has 4 aliphatic carbocycles. The molecule has 7 heteroatoms. The number of ketones is 1. The van der Waals surface area contributed by atoms with E-state index in [1.165, 1.54) is 37.7 Å². The quantitative estimate of drug-likeness (QED) is 0.155. The van der Waals surface area contributed by atoms with Gasteiger partial charge in [0.25, 0.3) is 0 Å². The predicted octanol–water partition coefficient (Wildman–Crippen LogP) is 6.43. The van der Waals surface area contributed by atoms with Gasteiger partial charge in [0.05, 0.1) is 39.9 Å². The summed E-state index contributed by atoms with van der Waals surface area (Å²) in [5, 5.41) is 8.21. The molecule has 7 nitrogen and oxygen atoms in total. The van der Waals surface area contributed by atoms with Gasteiger partial charge in [0.2, 0.25) is 0 Å². The minimum absolute atomic E-state index is 0.201. The molecule has 4 fully saturated rings. The van der Waals surface area contributed by atoms with E-state index in [9.17, 15) is 9.59 Å². The number of oxime groups is 1. The van der Waals surface area contributed by atoms with Crippen LogP contribution in [0.3, 0.4) is 0 Å². The van der Waals surface area contributed by atoms with E-state index >= 15 is 0 Å². The fraction of sp³-hybridized carbons (Fsp3) is 0.857. The first-order valence-electron chi connectivity index (χ1n) is 16.9. The van der Waals surface area contributed by atoms with Crippen LogP contribution in [0, 0.1) is 39.9 Å². The number of amides is 1. The Kier molecular flexibility index (Phi) is 8.79. The number of hydrogen-bond donors (Lipinski definition) is 1. The van der Waals surface area contributed by atoms with Crippen LogP contribution >= 0.6 is 0 Å². The number of carbonyl (C=O) groups is 2. The second-order valence-electron chi connectivity index (χ2n) is 16.8. The number of nitrogens with zero attached hydrogens (tertiary/aromatic N) is 3. The predicted molar refractivity (Wildman–Crippen MR) is 169 cm³/mol. The van der Waals surface area contributed by atoms with E-state index in [2.05, 4.69) is 66.2 Å². The number of hydrogen-bond acceptors (Lipinski definition) is 5. The van der Waals surface area contributed by atoms with Crippen LogP contribution in [0.1, 0.15) is 98.8 Å². The van der Waals surface area contributed by atoms with Gasteiger partial charge in [0.15, 0.2) is 5.78 Å². The molecule has 1 saturated heterocycles. The molecule has 42 heavy (non-hydrogen) atoms. The first-order valence-corrected chi connectivity index (χ1v) is 16.9. The molecule has 3 saturated carbocycles. The van der Waals surface area contributed by atoms with Crippen LogP contribution in [0.15, 0.2) is 16.8 Å². The summed E-state index contributed by atoms with van der Waals surface area (Å²) in [6, 6.07) is 0.412. The fourth-order valence-electron chi connectivity index (χ4n) is 9.99. The minimum atomic E-state index is -0.312. The molecule has 5 aliphatic rings. The third kappa shape index (κ3) is 6.11. The van der Waals surface area contributed by atoms with E-state index < -0.39 is 0 Å². The zero-order valence-corrected chi connectivity index (χ0v) is 27.9. The maximum atomic E-state index is 13.4.